The van der Waals surface area contributed by atoms with Crippen LogP contribution in [0.3, 0.4) is 0 Å². The molecule has 0 aromatic carbocycles. The van der Waals surface area contributed by atoms with E-state index in [9.17, 15) is 9.13 Å². The van der Waals surface area contributed by atoms with Crippen molar-refractivity contribution in [3.63, 3.8) is 0 Å². The highest BCUT2D eigenvalue weighted by Crippen LogP contribution is 2.58. The molecule has 3 N–H and O–H groups in total. The van der Waals surface area contributed by atoms with Crippen LogP contribution in [0.1, 0.15) is 6.92 Å². The molecule has 2 unspecified atom stereocenters. The van der Waals surface area contributed by atoms with Crippen molar-refractivity contribution in [1.29, 1.82) is 0 Å². The minimum Gasteiger partial charge on any atom is -0.302 e. The zero-order valence-electron chi connectivity index (χ0n) is 7.89. The van der Waals surface area contributed by atoms with Crippen molar-refractivity contribution in [1.82, 2.24) is 4.90 Å². The lowest BCUT2D eigenvalue weighted by Gasteiger charge is -2.22. The minimum absolute atomic E-state index is 0.808. The Labute approximate surface area is 81.3 Å². The molecule has 0 radical (unpaired) electrons. The van der Waals surface area contributed by atoms with Gasteiger partial charge in [-0.25, -0.2) is 9.13 Å². The first kappa shape index (κ1) is 14.2. The summed E-state index contributed by atoms with van der Waals surface area (Å²) in [4.78, 5) is 26.8. The average molecular weight is 249 g/mol. The fourth-order valence-corrected chi connectivity index (χ4v) is 2.24. The number of phosphoric ester groups is 1. The second-order valence-electron chi connectivity index (χ2n) is 2.71. The van der Waals surface area contributed by atoms with Crippen LogP contribution in [-0.4, -0.2) is 39.9 Å². The number of rotatable bonds is 5. The van der Waals surface area contributed by atoms with Crippen molar-refractivity contribution in [2.45, 2.75) is 13.2 Å². The van der Waals surface area contributed by atoms with Crippen LogP contribution in [-0.2, 0) is 18.0 Å². The molecule has 0 amide bonds. The van der Waals surface area contributed by atoms with E-state index in [1.165, 1.54) is 11.8 Å². The molecule has 0 aliphatic heterocycles. The first-order valence-electron chi connectivity index (χ1n) is 3.48. The van der Waals surface area contributed by atoms with E-state index in [4.69, 9.17) is 14.7 Å². The van der Waals surface area contributed by atoms with Crippen LogP contribution in [0.5, 0.6) is 0 Å². The van der Waals surface area contributed by atoms with E-state index in [1.807, 2.05) is 0 Å². The molecular formula is C4H13NO7P2. The SMILES string of the molecule is CC(OP(=O)(O)OP(=O)(O)O)N(C)C. The summed E-state index contributed by atoms with van der Waals surface area (Å²) in [5.74, 6) is 0. The van der Waals surface area contributed by atoms with Gasteiger partial charge in [-0.2, -0.15) is 4.31 Å². The zero-order valence-corrected chi connectivity index (χ0v) is 9.68. The molecule has 0 aromatic rings. The van der Waals surface area contributed by atoms with E-state index >= 15 is 0 Å². The molecule has 0 aliphatic rings. The van der Waals surface area contributed by atoms with E-state index in [1.54, 1.807) is 14.1 Å². The quantitative estimate of drug-likeness (QED) is 0.464. The van der Waals surface area contributed by atoms with Gasteiger partial charge in [-0.1, -0.05) is 0 Å². The summed E-state index contributed by atoms with van der Waals surface area (Å²) in [6.07, 6.45) is -0.808. The molecule has 10 heteroatoms. The summed E-state index contributed by atoms with van der Waals surface area (Å²) in [6.45, 7) is 1.42. The van der Waals surface area contributed by atoms with Gasteiger partial charge in [0.2, 0.25) is 0 Å². The third kappa shape index (κ3) is 6.64. The van der Waals surface area contributed by atoms with Crippen molar-refractivity contribution >= 4 is 15.6 Å². The predicted molar refractivity (Wildman–Crippen MR) is 47.2 cm³/mol. The van der Waals surface area contributed by atoms with Crippen molar-refractivity contribution in [3.05, 3.63) is 0 Å². The highest BCUT2D eigenvalue weighted by atomic mass is 31.3. The molecule has 14 heavy (non-hydrogen) atoms. The second kappa shape index (κ2) is 4.83. The van der Waals surface area contributed by atoms with Gasteiger partial charge in [-0.15, -0.1) is 0 Å². The van der Waals surface area contributed by atoms with Gasteiger partial charge in [-0.3, -0.25) is 9.42 Å². The Morgan fingerprint density at radius 1 is 1.21 bits per heavy atom. The maximum atomic E-state index is 10.9. The van der Waals surface area contributed by atoms with E-state index in [-0.39, 0.29) is 0 Å². The second-order valence-corrected chi connectivity index (χ2v) is 5.49. The molecule has 0 saturated carbocycles. The van der Waals surface area contributed by atoms with Crippen molar-refractivity contribution < 1.29 is 32.6 Å². The lowest BCUT2D eigenvalue weighted by atomic mass is 10.6. The maximum absolute atomic E-state index is 10.9. The van der Waals surface area contributed by atoms with Gasteiger partial charge in [0, 0.05) is 0 Å². The van der Waals surface area contributed by atoms with Gasteiger partial charge in [-0.05, 0) is 21.0 Å². The molecule has 0 rings (SSSR count). The Morgan fingerprint density at radius 3 is 1.93 bits per heavy atom. The van der Waals surface area contributed by atoms with Crippen LogP contribution in [0.4, 0.5) is 0 Å². The van der Waals surface area contributed by atoms with E-state index in [2.05, 4.69) is 8.83 Å². The Hall–Kier alpha value is 0.220. The molecule has 0 fully saturated rings. The van der Waals surface area contributed by atoms with Crippen molar-refractivity contribution in [2.75, 3.05) is 14.1 Å². The van der Waals surface area contributed by atoms with Crippen LogP contribution in [0.25, 0.3) is 0 Å². The van der Waals surface area contributed by atoms with Crippen LogP contribution in [0, 0.1) is 0 Å². The fraction of sp³-hybridized carbons (Fsp3) is 1.00. The molecule has 0 spiro atoms. The average Bonchev–Trinajstić information content (AvgIpc) is 1.78. The van der Waals surface area contributed by atoms with Gasteiger partial charge < -0.3 is 14.7 Å². The summed E-state index contributed by atoms with van der Waals surface area (Å²) in [5.41, 5.74) is 0. The smallest absolute Gasteiger partial charge is 0.302 e. The van der Waals surface area contributed by atoms with Gasteiger partial charge in [0.15, 0.2) is 0 Å². The van der Waals surface area contributed by atoms with Gasteiger partial charge in [0.1, 0.15) is 6.23 Å². The van der Waals surface area contributed by atoms with Crippen LogP contribution in [0.15, 0.2) is 0 Å². The molecular weight excluding hydrogens is 236 g/mol. The standard InChI is InChI=1S/C4H13NO7P2/c1-4(5(2)3)11-14(9,10)12-13(6,7)8/h4H,1-3H3,(H,9,10)(H2,6,7,8). The number of hydrogen-bond acceptors (Lipinski definition) is 5. The molecule has 0 heterocycles. The predicted octanol–water partition coefficient (Wildman–Crippen LogP) is 0.120. The molecule has 0 saturated heterocycles. The Kier molecular flexibility index (Phi) is 4.90. The van der Waals surface area contributed by atoms with Gasteiger partial charge >= 0.3 is 15.6 Å². The zero-order chi connectivity index (χ0) is 11.6. The third-order valence-electron chi connectivity index (χ3n) is 1.22. The molecule has 2 atom stereocenters. The van der Waals surface area contributed by atoms with E-state index in [0.717, 1.165) is 0 Å². The van der Waals surface area contributed by atoms with Gasteiger partial charge in [0.25, 0.3) is 0 Å². The summed E-state index contributed by atoms with van der Waals surface area (Å²) in [7, 11) is -6.64. The molecule has 86 valence electrons. The number of nitrogens with zero attached hydrogens (tertiary/aromatic N) is 1. The topological polar surface area (TPSA) is 117 Å². The number of phosphoric acid groups is 2. The first-order chi connectivity index (χ1) is 6.03. The third-order valence-corrected chi connectivity index (χ3v) is 3.47. The molecule has 0 aliphatic carbocycles. The summed E-state index contributed by atoms with van der Waals surface area (Å²) in [6, 6.07) is 0. The van der Waals surface area contributed by atoms with E-state index < -0.39 is 21.9 Å². The van der Waals surface area contributed by atoms with Crippen LogP contribution < -0.4 is 0 Å². The van der Waals surface area contributed by atoms with Crippen LogP contribution >= 0.6 is 15.6 Å². The Balaban J connectivity index is 4.36. The summed E-state index contributed by atoms with van der Waals surface area (Å²) in [5, 5.41) is 0. The summed E-state index contributed by atoms with van der Waals surface area (Å²) < 4.78 is 29.2. The van der Waals surface area contributed by atoms with E-state index in [0.29, 0.717) is 0 Å². The van der Waals surface area contributed by atoms with Crippen LogP contribution in [0.2, 0.25) is 0 Å². The highest BCUT2D eigenvalue weighted by Gasteiger charge is 2.34. The minimum atomic E-state index is -5.03. The Bertz CT molecular complexity index is 273. The monoisotopic (exact) mass is 249 g/mol. The number of hydrogen-bond donors (Lipinski definition) is 3. The largest absolute Gasteiger partial charge is 0.482 e. The molecule has 8 nitrogen and oxygen atoms in total. The molecule has 0 bridgehead atoms. The van der Waals surface area contributed by atoms with Gasteiger partial charge in [0.05, 0.1) is 0 Å². The van der Waals surface area contributed by atoms with Crippen molar-refractivity contribution in [2.24, 2.45) is 0 Å². The Morgan fingerprint density at radius 2 is 1.64 bits per heavy atom. The lowest BCUT2D eigenvalue weighted by molar-refractivity contribution is 0.0478. The summed E-state index contributed by atoms with van der Waals surface area (Å²) >= 11 is 0. The molecule has 0 aromatic heterocycles. The highest BCUT2D eigenvalue weighted by molar-refractivity contribution is 7.60. The first-order valence-corrected chi connectivity index (χ1v) is 6.50. The maximum Gasteiger partial charge on any atom is 0.482 e. The lowest BCUT2D eigenvalue weighted by Crippen LogP contribution is -2.26. The fourth-order valence-electron chi connectivity index (χ4n) is 0.441. The normalized spacial score (nSPS) is 19.4. The van der Waals surface area contributed by atoms with Crippen molar-refractivity contribution in [3.8, 4) is 0 Å².